The zero-order chi connectivity index (χ0) is 11.0. The number of nitrogens with two attached hydrogens (primary N) is 1. The molecule has 5 nitrogen and oxygen atoms in total. The fourth-order valence-electron chi connectivity index (χ4n) is 1.63. The summed E-state index contributed by atoms with van der Waals surface area (Å²) < 4.78 is 4.56. The fraction of sp³-hybridized carbons (Fsp3) is 0.200. The third-order valence-electron chi connectivity index (χ3n) is 2.34. The standard InChI is InChI=1S/C10H10N2O3/c1-15-10(14)8-6-4-5(11)2-3-7(6)12-9(8)13/h2-4,8H,11H2,1H3,(H,12,13). The summed E-state index contributed by atoms with van der Waals surface area (Å²) >= 11 is 0. The molecule has 78 valence electrons. The summed E-state index contributed by atoms with van der Waals surface area (Å²) in [7, 11) is 1.25. The molecule has 1 aliphatic rings. The van der Waals surface area contributed by atoms with Crippen molar-refractivity contribution in [2.24, 2.45) is 0 Å². The van der Waals surface area contributed by atoms with E-state index in [9.17, 15) is 9.59 Å². The third-order valence-corrected chi connectivity index (χ3v) is 2.34. The molecule has 1 heterocycles. The van der Waals surface area contributed by atoms with Gasteiger partial charge in [-0.3, -0.25) is 9.59 Å². The molecular weight excluding hydrogens is 196 g/mol. The Bertz CT molecular complexity index is 434. The van der Waals surface area contributed by atoms with Crippen LogP contribution in [-0.2, 0) is 14.3 Å². The number of methoxy groups -OCH3 is 1. The molecule has 1 aliphatic heterocycles. The number of nitrogen functional groups attached to an aromatic ring is 1. The van der Waals surface area contributed by atoms with Gasteiger partial charge in [0.05, 0.1) is 7.11 Å². The van der Waals surface area contributed by atoms with E-state index in [1.54, 1.807) is 18.2 Å². The van der Waals surface area contributed by atoms with Crippen molar-refractivity contribution in [2.45, 2.75) is 5.92 Å². The van der Waals surface area contributed by atoms with Crippen LogP contribution in [0.3, 0.4) is 0 Å². The number of hydrogen-bond acceptors (Lipinski definition) is 4. The summed E-state index contributed by atoms with van der Waals surface area (Å²) in [6.45, 7) is 0. The maximum atomic E-state index is 11.5. The number of rotatable bonds is 1. The zero-order valence-corrected chi connectivity index (χ0v) is 8.11. The number of benzene rings is 1. The molecule has 2 rings (SSSR count). The smallest absolute Gasteiger partial charge is 0.322 e. The Kier molecular flexibility index (Phi) is 2.07. The molecule has 0 saturated heterocycles. The average Bonchev–Trinajstić information content (AvgIpc) is 2.52. The predicted octanol–water partition coefficient (Wildman–Crippen LogP) is 0.477. The van der Waals surface area contributed by atoms with Crippen LogP contribution in [0.4, 0.5) is 11.4 Å². The monoisotopic (exact) mass is 206 g/mol. The molecule has 0 aliphatic carbocycles. The number of carbonyl (C=O) groups excluding carboxylic acids is 2. The Morgan fingerprint density at radius 1 is 1.53 bits per heavy atom. The summed E-state index contributed by atoms with van der Waals surface area (Å²) in [6.07, 6.45) is 0. The van der Waals surface area contributed by atoms with Gasteiger partial charge in [0.15, 0.2) is 5.92 Å². The largest absolute Gasteiger partial charge is 0.468 e. The first-order chi connectivity index (χ1) is 7.13. The second-order valence-electron chi connectivity index (χ2n) is 3.29. The quantitative estimate of drug-likeness (QED) is 0.397. The molecule has 3 N–H and O–H groups in total. The molecule has 0 bridgehead atoms. The zero-order valence-electron chi connectivity index (χ0n) is 8.11. The van der Waals surface area contributed by atoms with Gasteiger partial charge in [-0.25, -0.2) is 0 Å². The first-order valence-corrected chi connectivity index (χ1v) is 4.41. The molecule has 0 aromatic heterocycles. The van der Waals surface area contributed by atoms with Gasteiger partial charge in [0.1, 0.15) is 0 Å². The van der Waals surface area contributed by atoms with Gasteiger partial charge >= 0.3 is 5.97 Å². The predicted molar refractivity (Wildman–Crippen MR) is 54.2 cm³/mol. The van der Waals surface area contributed by atoms with E-state index >= 15 is 0 Å². The van der Waals surface area contributed by atoms with E-state index < -0.39 is 11.9 Å². The lowest BCUT2D eigenvalue weighted by molar-refractivity contribution is -0.144. The topological polar surface area (TPSA) is 81.4 Å². The van der Waals surface area contributed by atoms with Gasteiger partial charge in [0.25, 0.3) is 0 Å². The number of anilines is 2. The van der Waals surface area contributed by atoms with E-state index in [1.807, 2.05) is 0 Å². The molecule has 1 atom stereocenters. The van der Waals surface area contributed by atoms with Crippen LogP contribution < -0.4 is 11.1 Å². The number of amides is 1. The molecule has 1 amide bonds. The molecule has 0 fully saturated rings. The SMILES string of the molecule is COC(=O)C1C(=O)Nc2ccc(N)cc21. The average molecular weight is 206 g/mol. The van der Waals surface area contributed by atoms with E-state index in [4.69, 9.17) is 5.73 Å². The minimum absolute atomic E-state index is 0.373. The Labute approximate surface area is 86.2 Å². The van der Waals surface area contributed by atoms with Crippen molar-refractivity contribution in [3.63, 3.8) is 0 Å². The van der Waals surface area contributed by atoms with Crippen molar-refractivity contribution in [3.05, 3.63) is 23.8 Å². The molecule has 1 aromatic rings. The van der Waals surface area contributed by atoms with Gasteiger partial charge in [0.2, 0.25) is 5.91 Å². The molecular formula is C10H10N2O3. The van der Waals surface area contributed by atoms with E-state index in [0.717, 1.165) is 0 Å². The molecule has 5 heteroatoms. The highest BCUT2D eigenvalue weighted by molar-refractivity contribution is 6.15. The van der Waals surface area contributed by atoms with Crippen molar-refractivity contribution >= 4 is 23.3 Å². The summed E-state index contributed by atoms with van der Waals surface area (Å²) in [4.78, 5) is 22.9. The minimum Gasteiger partial charge on any atom is -0.468 e. The highest BCUT2D eigenvalue weighted by atomic mass is 16.5. The Morgan fingerprint density at radius 3 is 2.93 bits per heavy atom. The molecule has 1 unspecified atom stereocenters. The summed E-state index contributed by atoms with van der Waals surface area (Å²) in [5, 5.41) is 2.59. The van der Waals surface area contributed by atoms with Crippen LogP contribution in [0.2, 0.25) is 0 Å². The second-order valence-corrected chi connectivity index (χ2v) is 3.29. The maximum Gasteiger partial charge on any atom is 0.322 e. The van der Waals surface area contributed by atoms with Crippen molar-refractivity contribution in [1.82, 2.24) is 0 Å². The lowest BCUT2D eigenvalue weighted by Gasteiger charge is -2.05. The first kappa shape index (κ1) is 9.51. The number of carbonyl (C=O) groups is 2. The highest BCUT2D eigenvalue weighted by Gasteiger charge is 2.37. The van der Waals surface area contributed by atoms with Gasteiger partial charge < -0.3 is 15.8 Å². The Balaban J connectivity index is 2.48. The van der Waals surface area contributed by atoms with E-state index in [1.165, 1.54) is 7.11 Å². The number of nitrogens with one attached hydrogen (secondary N) is 1. The lowest BCUT2D eigenvalue weighted by atomic mass is 10.0. The van der Waals surface area contributed by atoms with E-state index in [-0.39, 0.29) is 5.91 Å². The second kappa shape index (κ2) is 3.27. The third kappa shape index (κ3) is 1.41. The number of fused-ring (bicyclic) bond motifs is 1. The normalized spacial score (nSPS) is 18.2. The number of esters is 1. The molecule has 0 radical (unpaired) electrons. The summed E-state index contributed by atoms with van der Waals surface area (Å²) in [6, 6.07) is 4.94. The van der Waals surface area contributed by atoms with Crippen LogP contribution in [0.1, 0.15) is 11.5 Å². The van der Waals surface area contributed by atoms with E-state index in [2.05, 4.69) is 10.1 Å². The minimum atomic E-state index is -0.895. The fourth-order valence-corrected chi connectivity index (χ4v) is 1.63. The summed E-state index contributed by atoms with van der Waals surface area (Å²) in [5.41, 5.74) is 7.29. The van der Waals surface area contributed by atoms with Crippen molar-refractivity contribution in [3.8, 4) is 0 Å². The van der Waals surface area contributed by atoms with Crippen molar-refractivity contribution in [1.29, 1.82) is 0 Å². The van der Waals surface area contributed by atoms with Crippen LogP contribution in [-0.4, -0.2) is 19.0 Å². The van der Waals surface area contributed by atoms with Crippen molar-refractivity contribution < 1.29 is 14.3 Å². The molecule has 15 heavy (non-hydrogen) atoms. The molecule has 0 saturated carbocycles. The van der Waals surface area contributed by atoms with Gasteiger partial charge in [-0.2, -0.15) is 0 Å². The van der Waals surface area contributed by atoms with Crippen LogP contribution in [0.5, 0.6) is 0 Å². The van der Waals surface area contributed by atoms with Crippen molar-refractivity contribution in [2.75, 3.05) is 18.2 Å². The van der Waals surface area contributed by atoms with Gasteiger partial charge in [-0.1, -0.05) is 0 Å². The van der Waals surface area contributed by atoms with Crippen LogP contribution in [0.25, 0.3) is 0 Å². The van der Waals surface area contributed by atoms with E-state index in [0.29, 0.717) is 16.9 Å². The molecule has 0 spiro atoms. The lowest BCUT2D eigenvalue weighted by Crippen LogP contribution is -2.21. The summed E-state index contributed by atoms with van der Waals surface area (Å²) in [5.74, 6) is -1.84. The van der Waals surface area contributed by atoms with Crippen LogP contribution >= 0.6 is 0 Å². The Hall–Kier alpha value is -2.04. The Morgan fingerprint density at radius 2 is 2.27 bits per heavy atom. The number of ether oxygens (including phenoxy) is 1. The first-order valence-electron chi connectivity index (χ1n) is 4.41. The highest BCUT2D eigenvalue weighted by Crippen LogP contribution is 2.34. The van der Waals surface area contributed by atoms with Gasteiger partial charge in [-0.15, -0.1) is 0 Å². The van der Waals surface area contributed by atoms with Gasteiger partial charge in [0, 0.05) is 16.9 Å². The van der Waals surface area contributed by atoms with Crippen LogP contribution in [0.15, 0.2) is 18.2 Å². The van der Waals surface area contributed by atoms with Gasteiger partial charge in [-0.05, 0) is 18.2 Å². The van der Waals surface area contributed by atoms with Crippen LogP contribution in [0, 0.1) is 0 Å². The number of hydrogen-bond donors (Lipinski definition) is 2. The maximum absolute atomic E-state index is 11.5. The molecule has 1 aromatic carbocycles.